The van der Waals surface area contributed by atoms with Gasteiger partial charge in [-0.05, 0) is 30.5 Å². The van der Waals surface area contributed by atoms with Gasteiger partial charge in [0, 0.05) is 24.7 Å². The molecule has 0 saturated carbocycles. The van der Waals surface area contributed by atoms with Crippen molar-refractivity contribution in [1.29, 1.82) is 0 Å². The standard InChI is InChI=1S/C14H19ClN2O2/c15-12-3-1-2-11(8-12)4-6-16-14(19)10-17-7-5-13(18)9-17/h1-3,8,13,18H,4-7,9-10H2,(H,16,19)/t13-/m1/s1. The minimum absolute atomic E-state index is 0.0103. The molecule has 2 rings (SSSR count). The van der Waals surface area contributed by atoms with E-state index in [0.717, 1.165) is 30.0 Å². The van der Waals surface area contributed by atoms with Gasteiger partial charge in [-0.3, -0.25) is 9.69 Å². The topological polar surface area (TPSA) is 52.6 Å². The molecule has 1 atom stereocenters. The average molecular weight is 283 g/mol. The van der Waals surface area contributed by atoms with Crippen LogP contribution in [0.3, 0.4) is 0 Å². The SMILES string of the molecule is O=C(CN1CC[C@@H](O)C1)NCCc1cccc(Cl)c1. The van der Waals surface area contributed by atoms with Crippen molar-refractivity contribution >= 4 is 17.5 Å². The molecule has 1 aliphatic heterocycles. The number of carbonyl (C=O) groups is 1. The van der Waals surface area contributed by atoms with Crippen molar-refractivity contribution in [3.05, 3.63) is 34.9 Å². The summed E-state index contributed by atoms with van der Waals surface area (Å²) >= 11 is 5.90. The van der Waals surface area contributed by atoms with Crippen LogP contribution in [0.25, 0.3) is 0 Å². The summed E-state index contributed by atoms with van der Waals surface area (Å²) in [6.07, 6.45) is 1.25. The van der Waals surface area contributed by atoms with E-state index in [1.807, 2.05) is 29.2 Å². The Morgan fingerprint density at radius 2 is 2.37 bits per heavy atom. The van der Waals surface area contributed by atoms with Crippen LogP contribution in [0.15, 0.2) is 24.3 Å². The van der Waals surface area contributed by atoms with Gasteiger partial charge in [-0.15, -0.1) is 0 Å². The van der Waals surface area contributed by atoms with Gasteiger partial charge in [-0.2, -0.15) is 0 Å². The maximum absolute atomic E-state index is 11.7. The largest absolute Gasteiger partial charge is 0.392 e. The maximum Gasteiger partial charge on any atom is 0.234 e. The summed E-state index contributed by atoms with van der Waals surface area (Å²) in [6, 6.07) is 7.65. The number of hydrogen-bond acceptors (Lipinski definition) is 3. The van der Waals surface area contributed by atoms with Crippen LogP contribution in [0.1, 0.15) is 12.0 Å². The van der Waals surface area contributed by atoms with Gasteiger partial charge in [0.15, 0.2) is 0 Å². The predicted octanol–water partition coefficient (Wildman–Crippen LogP) is 1.07. The van der Waals surface area contributed by atoms with Crippen molar-refractivity contribution in [2.24, 2.45) is 0 Å². The van der Waals surface area contributed by atoms with Crippen molar-refractivity contribution in [2.45, 2.75) is 18.9 Å². The van der Waals surface area contributed by atoms with E-state index in [1.165, 1.54) is 0 Å². The Labute approximate surface area is 118 Å². The highest BCUT2D eigenvalue weighted by Crippen LogP contribution is 2.10. The van der Waals surface area contributed by atoms with Crippen LogP contribution in [0.2, 0.25) is 5.02 Å². The molecule has 104 valence electrons. The van der Waals surface area contributed by atoms with Crippen LogP contribution in [-0.4, -0.2) is 48.2 Å². The number of benzene rings is 1. The number of β-amino-alcohol motifs (C(OH)–C–C–N with tert-alkyl or cyclic N) is 1. The van der Waals surface area contributed by atoms with Crippen molar-refractivity contribution in [3.63, 3.8) is 0 Å². The Morgan fingerprint density at radius 1 is 1.53 bits per heavy atom. The normalized spacial score (nSPS) is 19.6. The third kappa shape index (κ3) is 4.82. The number of carbonyl (C=O) groups excluding carboxylic acids is 1. The molecule has 19 heavy (non-hydrogen) atoms. The van der Waals surface area contributed by atoms with Gasteiger partial charge < -0.3 is 10.4 Å². The number of aliphatic hydroxyl groups is 1. The smallest absolute Gasteiger partial charge is 0.234 e. The molecular formula is C14H19ClN2O2. The highest BCUT2D eigenvalue weighted by atomic mass is 35.5. The number of likely N-dealkylation sites (tertiary alicyclic amines) is 1. The van der Waals surface area contributed by atoms with E-state index in [2.05, 4.69) is 5.32 Å². The molecule has 0 aliphatic carbocycles. The van der Waals surface area contributed by atoms with Gasteiger partial charge in [0.2, 0.25) is 5.91 Å². The van der Waals surface area contributed by atoms with Gasteiger partial charge in [-0.25, -0.2) is 0 Å². The van der Waals surface area contributed by atoms with Gasteiger partial charge in [0.25, 0.3) is 0 Å². The molecule has 1 aromatic carbocycles. The monoisotopic (exact) mass is 282 g/mol. The van der Waals surface area contributed by atoms with Crippen molar-refractivity contribution in [3.8, 4) is 0 Å². The van der Waals surface area contributed by atoms with E-state index >= 15 is 0 Å². The van der Waals surface area contributed by atoms with E-state index in [1.54, 1.807) is 0 Å². The van der Waals surface area contributed by atoms with E-state index in [-0.39, 0.29) is 12.0 Å². The summed E-state index contributed by atoms with van der Waals surface area (Å²) in [4.78, 5) is 13.7. The molecule has 1 heterocycles. The molecule has 1 fully saturated rings. The highest BCUT2D eigenvalue weighted by Gasteiger charge is 2.21. The Morgan fingerprint density at radius 3 is 3.05 bits per heavy atom. The summed E-state index contributed by atoms with van der Waals surface area (Å²) < 4.78 is 0. The lowest BCUT2D eigenvalue weighted by Crippen LogP contribution is -2.37. The zero-order valence-corrected chi connectivity index (χ0v) is 11.6. The Hall–Kier alpha value is -1.10. The third-order valence-electron chi connectivity index (χ3n) is 3.24. The first-order valence-corrected chi connectivity index (χ1v) is 6.93. The number of nitrogens with zero attached hydrogens (tertiary/aromatic N) is 1. The second-order valence-electron chi connectivity index (χ2n) is 4.91. The van der Waals surface area contributed by atoms with Gasteiger partial charge in [0.1, 0.15) is 0 Å². The van der Waals surface area contributed by atoms with Crippen LogP contribution in [0, 0.1) is 0 Å². The van der Waals surface area contributed by atoms with Crippen molar-refractivity contribution in [2.75, 3.05) is 26.2 Å². The summed E-state index contributed by atoms with van der Waals surface area (Å²) in [6.45, 7) is 2.37. The summed E-state index contributed by atoms with van der Waals surface area (Å²) in [5.74, 6) is 0.0103. The second kappa shape index (κ2) is 6.89. The van der Waals surface area contributed by atoms with Gasteiger partial charge in [0.05, 0.1) is 12.6 Å². The second-order valence-corrected chi connectivity index (χ2v) is 5.34. The molecule has 0 unspecified atom stereocenters. The van der Waals surface area contributed by atoms with Crippen LogP contribution < -0.4 is 5.32 Å². The Bertz CT molecular complexity index is 439. The third-order valence-corrected chi connectivity index (χ3v) is 3.47. The fourth-order valence-corrected chi connectivity index (χ4v) is 2.47. The maximum atomic E-state index is 11.7. The predicted molar refractivity (Wildman–Crippen MR) is 75.2 cm³/mol. The molecule has 1 aliphatic rings. The molecule has 4 nitrogen and oxygen atoms in total. The lowest BCUT2D eigenvalue weighted by atomic mass is 10.1. The molecule has 1 saturated heterocycles. The van der Waals surface area contributed by atoms with E-state index in [4.69, 9.17) is 11.6 Å². The molecule has 0 aromatic heterocycles. The van der Waals surface area contributed by atoms with E-state index in [9.17, 15) is 9.90 Å². The van der Waals surface area contributed by atoms with Gasteiger partial charge >= 0.3 is 0 Å². The van der Waals surface area contributed by atoms with Crippen molar-refractivity contribution in [1.82, 2.24) is 10.2 Å². The summed E-state index contributed by atoms with van der Waals surface area (Å²) in [7, 11) is 0. The van der Waals surface area contributed by atoms with Gasteiger partial charge in [-0.1, -0.05) is 23.7 Å². The summed E-state index contributed by atoms with van der Waals surface area (Å²) in [5.41, 5.74) is 1.12. The fraction of sp³-hybridized carbons (Fsp3) is 0.500. The molecule has 5 heteroatoms. The van der Waals surface area contributed by atoms with E-state index < -0.39 is 0 Å². The first-order chi connectivity index (χ1) is 9.13. The molecule has 0 radical (unpaired) electrons. The highest BCUT2D eigenvalue weighted by molar-refractivity contribution is 6.30. The Kier molecular flexibility index (Phi) is 5.19. The zero-order chi connectivity index (χ0) is 13.7. The lowest BCUT2D eigenvalue weighted by Gasteiger charge is -2.14. The number of amides is 1. The quantitative estimate of drug-likeness (QED) is 0.849. The number of halogens is 1. The van der Waals surface area contributed by atoms with Crippen LogP contribution in [0.5, 0.6) is 0 Å². The minimum atomic E-state index is -0.278. The molecule has 0 bridgehead atoms. The molecule has 2 N–H and O–H groups in total. The minimum Gasteiger partial charge on any atom is -0.392 e. The lowest BCUT2D eigenvalue weighted by molar-refractivity contribution is -0.122. The zero-order valence-electron chi connectivity index (χ0n) is 10.8. The van der Waals surface area contributed by atoms with E-state index in [0.29, 0.717) is 19.6 Å². The molecular weight excluding hydrogens is 264 g/mol. The van der Waals surface area contributed by atoms with Crippen LogP contribution in [-0.2, 0) is 11.2 Å². The summed E-state index contributed by atoms with van der Waals surface area (Å²) in [5, 5.41) is 13.0. The number of aliphatic hydroxyl groups excluding tert-OH is 1. The Balaban J connectivity index is 1.66. The number of rotatable bonds is 5. The number of nitrogens with one attached hydrogen (secondary N) is 1. The number of hydrogen-bond donors (Lipinski definition) is 2. The van der Waals surface area contributed by atoms with Crippen LogP contribution >= 0.6 is 11.6 Å². The first kappa shape index (κ1) is 14.3. The van der Waals surface area contributed by atoms with Crippen LogP contribution in [0.4, 0.5) is 0 Å². The molecule has 1 amide bonds. The first-order valence-electron chi connectivity index (χ1n) is 6.55. The molecule has 0 spiro atoms. The van der Waals surface area contributed by atoms with Crippen molar-refractivity contribution < 1.29 is 9.90 Å². The average Bonchev–Trinajstić information content (AvgIpc) is 2.75. The fourth-order valence-electron chi connectivity index (χ4n) is 2.25. The molecule has 1 aromatic rings.